The average Bonchev–Trinajstić information content (AvgIpc) is 3.08. The van der Waals surface area contributed by atoms with Crippen molar-refractivity contribution >= 4 is 17.4 Å². The maximum atomic E-state index is 13.1. The summed E-state index contributed by atoms with van der Waals surface area (Å²) in [5.74, 6) is -1.11. The summed E-state index contributed by atoms with van der Waals surface area (Å²) in [5.41, 5.74) is 1.47. The van der Waals surface area contributed by atoms with Crippen molar-refractivity contribution < 1.29 is 29.3 Å². The number of ether oxygens (including phenoxy) is 2. The summed E-state index contributed by atoms with van der Waals surface area (Å²) >= 11 is 0. The average molecular weight is 446 g/mol. The largest absolute Gasteiger partial charge is 0.508 e. The molecule has 1 aliphatic heterocycles. The number of nitrogens with zero attached hydrogens (tertiary/aromatic N) is 2. The number of amides is 1. The zero-order valence-corrected chi connectivity index (χ0v) is 18.1. The number of aliphatic hydroxyl groups is 1. The van der Waals surface area contributed by atoms with Crippen molar-refractivity contribution in [2.24, 2.45) is 0 Å². The molecule has 1 fully saturated rings. The van der Waals surface area contributed by atoms with Crippen LogP contribution in [-0.4, -0.2) is 46.0 Å². The smallest absolute Gasteiger partial charge is 0.295 e. The summed E-state index contributed by atoms with van der Waals surface area (Å²) in [4.78, 5) is 31.5. The van der Waals surface area contributed by atoms with Gasteiger partial charge in [0.2, 0.25) is 0 Å². The minimum atomic E-state index is -0.904. The molecular formula is C25H22N2O6. The van der Waals surface area contributed by atoms with E-state index in [0.717, 1.165) is 5.56 Å². The molecule has 1 atom stereocenters. The lowest BCUT2D eigenvalue weighted by atomic mass is 9.95. The molecule has 8 nitrogen and oxygen atoms in total. The maximum absolute atomic E-state index is 13.1. The van der Waals surface area contributed by atoms with E-state index >= 15 is 0 Å². The molecule has 0 aliphatic carbocycles. The number of aromatic nitrogens is 1. The van der Waals surface area contributed by atoms with Gasteiger partial charge in [0.15, 0.2) is 11.5 Å². The molecule has 1 aliphatic rings. The molecule has 1 saturated heterocycles. The molecule has 8 heteroatoms. The summed E-state index contributed by atoms with van der Waals surface area (Å²) < 4.78 is 10.5. The molecule has 2 aromatic carbocycles. The summed E-state index contributed by atoms with van der Waals surface area (Å²) in [5, 5.41) is 21.2. The molecule has 0 spiro atoms. The second kappa shape index (κ2) is 9.04. The van der Waals surface area contributed by atoms with Gasteiger partial charge in [-0.2, -0.15) is 0 Å². The lowest BCUT2D eigenvalue weighted by Gasteiger charge is -2.25. The monoisotopic (exact) mass is 446 g/mol. The van der Waals surface area contributed by atoms with Crippen molar-refractivity contribution in [2.45, 2.75) is 12.6 Å². The molecule has 4 rings (SSSR count). The Labute approximate surface area is 190 Å². The lowest BCUT2D eigenvalue weighted by Crippen LogP contribution is -2.29. The van der Waals surface area contributed by atoms with Crippen LogP contribution in [0.3, 0.4) is 0 Å². The van der Waals surface area contributed by atoms with Crippen LogP contribution in [-0.2, 0) is 16.1 Å². The predicted octanol–water partition coefficient (Wildman–Crippen LogP) is 3.43. The van der Waals surface area contributed by atoms with Gasteiger partial charge in [0.1, 0.15) is 11.5 Å². The summed E-state index contributed by atoms with van der Waals surface area (Å²) in [7, 11) is 2.95. The van der Waals surface area contributed by atoms with E-state index in [4.69, 9.17) is 9.47 Å². The Bertz CT molecular complexity index is 1240. The van der Waals surface area contributed by atoms with Crippen LogP contribution in [0, 0.1) is 0 Å². The second-order valence-electron chi connectivity index (χ2n) is 7.45. The molecule has 0 saturated carbocycles. The van der Waals surface area contributed by atoms with Gasteiger partial charge in [-0.25, -0.2) is 0 Å². The number of carbonyl (C=O) groups is 2. The molecule has 168 valence electrons. The Kier molecular flexibility index (Phi) is 5.99. The Morgan fingerprint density at radius 2 is 1.73 bits per heavy atom. The van der Waals surface area contributed by atoms with Crippen LogP contribution < -0.4 is 9.47 Å². The minimum absolute atomic E-state index is 0.0203. The first-order valence-corrected chi connectivity index (χ1v) is 10.1. The molecule has 33 heavy (non-hydrogen) atoms. The van der Waals surface area contributed by atoms with E-state index in [2.05, 4.69) is 4.98 Å². The van der Waals surface area contributed by atoms with Gasteiger partial charge in [0.25, 0.3) is 11.7 Å². The van der Waals surface area contributed by atoms with E-state index in [1.807, 2.05) is 0 Å². The Balaban J connectivity index is 1.88. The third-order valence-corrected chi connectivity index (χ3v) is 5.49. The molecule has 1 unspecified atom stereocenters. The molecule has 2 heterocycles. The van der Waals surface area contributed by atoms with Crippen LogP contribution in [0.25, 0.3) is 5.76 Å². The van der Waals surface area contributed by atoms with Crippen LogP contribution in [0.5, 0.6) is 17.2 Å². The first kappa shape index (κ1) is 21.9. The summed E-state index contributed by atoms with van der Waals surface area (Å²) in [6.07, 6.45) is 3.19. The standard InChI is InChI=1S/C25H22N2O6/c1-32-19-7-6-17(13-20(19)33-2)23(29)21-22(16-4-3-5-18(28)12-16)27(25(31)24(21)30)14-15-8-10-26-11-9-15/h3-13,22,28-29H,14H2,1-2H3/b23-21-. The third kappa shape index (κ3) is 4.10. The number of phenolic OH excluding ortho intramolecular Hbond substituents is 1. The van der Waals surface area contributed by atoms with Crippen LogP contribution in [0.2, 0.25) is 0 Å². The van der Waals surface area contributed by atoms with Gasteiger partial charge in [-0.15, -0.1) is 0 Å². The van der Waals surface area contributed by atoms with Gasteiger partial charge >= 0.3 is 0 Å². The SMILES string of the molecule is COc1ccc(/C(O)=C2/C(=O)C(=O)N(Cc3ccncc3)C2c2cccc(O)c2)cc1OC. The number of hydrogen-bond acceptors (Lipinski definition) is 7. The van der Waals surface area contributed by atoms with Crippen molar-refractivity contribution in [3.8, 4) is 17.2 Å². The molecule has 2 N–H and O–H groups in total. The van der Waals surface area contributed by atoms with Gasteiger partial charge in [-0.3, -0.25) is 14.6 Å². The Hall–Kier alpha value is -4.33. The number of aliphatic hydroxyl groups excluding tert-OH is 1. The fraction of sp³-hybridized carbons (Fsp3) is 0.160. The topological polar surface area (TPSA) is 109 Å². The number of aromatic hydroxyl groups is 1. The Morgan fingerprint density at radius 3 is 2.39 bits per heavy atom. The van der Waals surface area contributed by atoms with Crippen molar-refractivity contribution in [3.05, 3.63) is 89.3 Å². The van der Waals surface area contributed by atoms with E-state index in [9.17, 15) is 19.8 Å². The highest BCUT2D eigenvalue weighted by atomic mass is 16.5. The molecule has 0 radical (unpaired) electrons. The number of methoxy groups -OCH3 is 2. The third-order valence-electron chi connectivity index (χ3n) is 5.49. The van der Waals surface area contributed by atoms with E-state index in [-0.39, 0.29) is 23.6 Å². The van der Waals surface area contributed by atoms with Crippen molar-refractivity contribution in [3.63, 3.8) is 0 Å². The summed E-state index contributed by atoms with van der Waals surface area (Å²) in [6.45, 7) is 0.121. The lowest BCUT2D eigenvalue weighted by molar-refractivity contribution is -0.140. The molecular weight excluding hydrogens is 424 g/mol. The zero-order chi connectivity index (χ0) is 23.5. The summed E-state index contributed by atoms with van der Waals surface area (Å²) in [6, 6.07) is 13.6. The Morgan fingerprint density at radius 1 is 1.00 bits per heavy atom. The van der Waals surface area contributed by atoms with Crippen molar-refractivity contribution in [1.29, 1.82) is 0 Å². The van der Waals surface area contributed by atoms with Gasteiger partial charge in [0, 0.05) is 24.5 Å². The number of benzene rings is 2. The van der Waals surface area contributed by atoms with Gasteiger partial charge in [0.05, 0.1) is 25.8 Å². The quantitative estimate of drug-likeness (QED) is 0.339. The number of likely N-dealkylation sites (tertiary alicyclic amines) is 1. The zero-order valence-electron chi connectivity index (χ0n) is 18.1. The highest BCUT2D eigenvalue weighted by Gasteiger charge is 2.46. The fourth-order valence-corrected chi connectivity index (χ4v) is 3.91. The van der Waals surface area contributed by atoms with E-state index in [1.165, 1.54) is 37.3 Å². The van der Waals surface area contributed by atoms with Crippen LogP contribution in [0.4, 0.5) is 0 Å². The number of ketones is 1. The number of hydrogen-bond donors (Lipinski definition) is 2. The highest BCUT2D eigenvalue weighted by molar-refractivity contribution is 6.46. The first-order valence-electron chi connectivity index (χ1n) is 10.1. The first-order chi connectivity index (χ1) is 15.9. The molecule has 1 amide bonds. The fourth-order valence-electron chi connectivity index (χ4n) is 3.91. The van der Waals surface area contributed by atoms with E-state index < -0.39 is 17.7 Å². The number of Topliss-reactive ketones (excluding diaryl/α,β-unsaturated/α-hetero) is 1. The normalized spacial score (nSPS) is 17.3. The molecule has 1 aromatic heterocycles. The number of phenols is 1. The number of rotatable bonds is 6. The highest BCUT2D eigenvalue weighted by Crippen LogP contribution is 2.42. The van der Waals surface area contributed by atoms with Gasteiger partial charge in [-0.05, 0) is 53.6 Å². The second-order valence-corrected chi connectivity index (χ2v) is 7.45. The van der Waals surface area contributed by atoms with Gasteiger partial charge < -0.3 is 24.6 Å². The number of carbonyl (C=O) groups excluding carboxylic acids is 2. The van der Waals surface area contributed by atoms with Crippen molar-refractivity contribution in [2.75, 3.05) is 14.2 Å². The van der Waals surface area contributed by atoms with Crippen LogP contribution in [0.15, 0.2) is 72.6 Å². The van der Waals surface area contributed by atoms with E-state index in [1.54, 1.807) is 48.8 Å². The maximum Gasteiger partial charge on any atom is 0.295 e. The number of pyridine rings is 1. The van der Waals surface area contributed by atoms with Crippen molar-refractivity contribution in [1.82, 2.24) is 9.88 Å². The molecule has 0 bridgehead atoms. The van der Waals surface area contributed by atoms with E-state index in [0.29, 0.717) is 22.6 Å². The van der Waals surface area contributed by atoms with Crippen LogP contribution >= 0.6 is 0 Å². The van der Waals surface area contributed by atoms with Crippen LogP contribution in [0.1, 0.15) is 22.7 Å². The van der Waals surface area contributed by atoms with Gasteiger partial charge in [-0.1, -0.05) is 12.1 Å². The minimum Gasteiger partial charge on any atom is -0.508 e. The predicted molar refractivity (Wildman–Crippen MR) is 120 cm³/mol. The molecule has 3 aromatic rings.